The Balaban J connectivity index is 2.28. The molecule has 0 aliphatic heterocycles. The molecule has 0 saturated heterocycles. The summed E-state index contributed by atoms with van der Waals surface area (Å²) < 4.78 is 13.2. The molecule has 0 heterocycles. The van der Waals surface area contributed by atoms with Gasteiger partial charge in [-0.15, -0.1) is 0 Å². The summed E-state index contributed by atoms with van der Waals surface area (Å²) in [6, 6.07) is 11.2. The van der Waals surface area contributed by atoms with Gasteiger partial charge in [-0.2, -0.15) is 0 Å². The lowest BCUT2D eigenvalue weighted by molar-refractivity contribution is 0.102. The topological polar surface area (TPSA) is 55.1 Å². The average Bonchev–Trinajstić information content (AvgIpc) is 2.42. The van der Waals surface area contributed by atoms with Crippen LogP contribution in [-0.4, -0.2) is 5.91 Å². The Morgan fingerprint density at radius 3 is 2.74 bits per heavy atom. The number of halogens is 1. The van der Waals surface area contributed by atoms with Crippen molar-refractivity contribution in [2.24, 2.45) is 0 Å². The van der Waals surface area contributed by atoms with Crippen LogP contribution in [0, 0.1) is 5.82 Å². The standard InChI is InChI=1S/C15H15FN2O/c1-2-10-5-3-4-6-14(10)18-15(19)12-9-11(16)7-8-13(12)17/h3-9H,2,17H2,1H3,(H,18,19). The third-order valence-corrected chi connectivity index (χ3v) is 2.91. The summed E-state index contributed by atoms with van der Waals surface area (Å²) in [4.78, 5) is 12.1. The van der Waals surface area contributed by atoms with Crippen LogP contribution < -0.4 is 11.1 Å². The van der Waals surface area contributed by atoms with Crippen LogP contribution in [0.15, 0.2) is 42.5 Å². The third kappa shape index (κ3) is 2.91. The number of rotatable bonds is 3. The fraction of sp³-hybridized carbons (Fsp3) is 0.133. The number of benzene rings is 2. The molecule has 0 fully saturated rings. The second kappa shape index (κ2) is 5.52. The maximum Gasteiger partial charge on any atom is 0.257 e. The van der Waals surface area contributed by atoms with Gasteiger partial charge in [0.1, 0.15) is 5.82 Å². The van der Waals surface area contributed by atoms with Crippen LogP contribution in [0.4, 0.5) is 15.8 Å². The Morgan fingerprint density at radius 1 is 1.26 bits per heavy atom. The molecule has 0 aromatic heterocycles. The predicted molar refractivity (Wildman–Crippen MR) is 74.6 cm³/mol. The molecule has 3 nitrogen and oxygen atoms in total. The van der Waals surface area contributed by atoms with Crippen LogP contribution in [0.2, 0.25) is 0 Å². The van der Waals surface area contributed by atoms with Gasteiger partial charge in [0.25, 0.3) is 5.91 Å². The van der Waals surface area contributed by atoms with Crippen molar-refractivity contribution in [3.05, 3.63) is 59.4 Å². The highest BCUT2D eigenvalue weighted by atomic mass is 19.1. The largest absolute Gasteiger partial charge is 0.398 e. The Labute approximate surface area is 111 Å². The summed E-state index contributed by atoms with van der Waals surface area (Å²) >= 11 is 0. The van der Waals surface area contributed by atoms with Crippen molar-refractivity contribution in [2.75, 3.05) is 11.1 Å². The van der Waals surface area contributed by atoms with Gasteiger partial charge in [-0.3, -0.25) is 4.79 Å². The number of para-hydroxylation sites is 1. The van der Waals surface area contributed by atoms with Gasteiger partial charge in [-0.1, -0.05) is 25.1 Å². The highest BCUT2D eigenvalue weighted by molar-refractivity contribution is 6.08. The molecular weight excluding hydrogens is 243 g/mol. The van der Waals surface area contributed by atoms with Gasteiger partial charge in [0.15, 0.2) is 0 Å². The van der Waals surface area contributed by atoms with Crippen molar-refractivity contribution >= 4 is 17.3 Å². The van der Waals surface area contributed by atoms with Crippen LogP contribution in [0.1, 0.15) is 22.8 Å². The first-order chi connectivity index (χ1) is 9.11. The highest BCUT2D eigenvalue weighted by Crippen LogP contribution is 2.19. The first-order valence-electron chi connectivity index (χ1n) is 6.06. The average molecular weight is 258 g/mol. The summed E-state index contributed by atoms with van der Waals surface area (Å²) in [5, 5.41) is 2.76. The van der Waals surface area contributed by atoms with Crippen molar-refractivity contribution < 1.29 is 9.18 Å². The summed E-state index contributed by atoms with van der Waals surface area (Å²) in [6.07, 6.45) is 0.801. The minimum Gasteiger partial charge on any atom is -0.398 e. The van der Waals surface area contributed by atoms with Gasteiger partial charge in [0, 0.05) is 11.4 Å². The normalized spacial score (nSPS) is 10.2. The molecule has 0 radical (unpaired) electrons. The molecule has 0 atom stereocenters. The molecule has 0 spiro atoms. The van der Waals surface area contributed by atoms with Crippen LogP contribution in [0.5, 0.6) is 0 Å². The minimum atomic E-state index is -0.483. The smallest absolute Gasteiger partial charge is 0.257 e. The van der Waals surface area contributed by atoms with E-state index in [0.29, 0.717) is 0 Å². The van der Waals surface area contributed by atoms with Crippen molar-refractivity contribution in [1.82, 2.24) is 0 Å². The lowest BCUT2D eigenvalue weighted by atomic mass is 10.1. The molecule has 2 rings (SSSR count). The molecule has 0 saturated carbocycles. The third-order valence-electron chi connectivity index (χ3n) is 2.91. The minimum absolute atomic E-state index is 0.144. The van der Waals surface area contributed by atoms with Gasteiger partial charge in [0.2, 0.25) is 0 Å². The lowest BCUT2D eigenvalue weighted by Crippen LogP contribution is -2.15. The van der Waals surface area contributed by atoms with E-state index in [9.17, 15) is 9.18 Å². The molecule has 0 bridgehead atoms. The quantitative estimate of drug-likeness (QED) is 0.830. The molecule has 1 amide bonds. The van der Waals surface area contributed by atoms with E-state index in [4.69, 9.17) is 5.73 Å². The fourth-order valence-electron chi connectivity index (χ4n) is 1.87. The molecule has 0 aliphatic carbocycles. The first-order valence-corrected chi connectivity index (χ1v) is 6.06. The Kier molecular flexibility index (Phi) is 3.80. The number of hydrogen-bond donors (Lipinski definition) is 2. The van der Waals surface area contributed by atoms with Gasteiger partial charge in [0.05, 0.1) is 5.56 Å². The second-order valence-electron chi connectivity index (χ2n) is 4.20. The first kappa shape index (κ1) is 13.1. The Bertz CT molecular complexity index is 611. The molecule has 0 unspecified atom stereocenters. The van der Waals surface area contributed by atoms with Crippen molar-refractivity contribution in [3.8, 4) is 0 Å². The van der Waals surface area contributed by atoms with E-state index in [1.807, 2.05) is 31.2 Å². The number of nitrogens with two attached hydrogens (primary N) is 1. The van der Waals surface area contributed by atoms with E-state index in [1.165, 1.54) is 12.1 Å². The zero-order chi connectivity index (χ0) is 13.8. The van der Waals surface area contributed by atoms with E-state index in [-0.39, 0.29) is 11.3 Å². The summed E-state index contributed by atoms with van der Waals surface area (Å²) in [7, 11) is 0. The molecule has 0 aliphatic rings. The van der Waals surface area contributed by atoms with Crippen molar-refractivity contribution in [1.29, 1.82) is 0 Å². The number of hydrogen-bond acceptors (Lipinski definition) is 2. The summed E-state index contributed by atoms with van der Waals surface area (Å²) in [5.74, 6) is -0.888. The Morgan fingerprint density at radius 2 is 2.00 bits per heavy atom. The molecular formula is C15H15FN2O. The van der Waals surface area contributed by atoms with Gasteiger partial charge in [-0.25, -0.2) is 4.39 Å². The van der Waals surface area contributed by atoms with Crippen LogP contribution in [0.3, 0.4) is 0 Å². The van der Waals surface area contributed by atoms with E-state index in [1.54, 1.807) is 0 Å². The molecule has 98 valence electrons. The fourth-order valence-corrected chi connectivity index (χ4v) is 1.87. The zero-order valence-electron chi connectivity index (χ0n) is 10.6. The van der Waals surface area contributed by atoms with Gasteiger partial charge >= 0.3 is 0 Å². The number of nitrogens with one attached hydrogen (secondary N) is 1. The lowest BCUT2D eigenvalue weighted by Gasteiger charge is -2.11. The number of amides is 1. The van der Waals surface area contributed by atoms with Gasteiger partial charge in [-0.05, 0) is 36.2 Å². The van der Waals surface area contributed by atoms with E-state index in [0.717, 1.165) is 23.7 Å². The number of carbonyl (C=O) groups is 1. The number of anilines is 2. The monoisotopic (exact) mass is 258 g/mol. The van der Waals surface area contributed by atoms with E-state index >= 15 is 0 Å². The Hall–Kier alpha value is -2.36. The zero-order valence-corrected chi connectivity index (χ0v) is 10.6. The highest BCUT2D eigenvalue weighted by Gasteiger charge is 2.12. The van der Waals surface area contributed by atoms with Crippen LogP contribution >= 0.6 is 0 Å². The SMILES string of the molecule is CCc1ccccc1NC(=O)c1cc(F)ccc1N. The summed E-state index contributed by atoms with van der Waals surface area (Å²) in [5.41, 5.74) is 7.83. The maximum atomic E-state index is 13.2. The van der Waals surface area contributed by atoms with Gasteiger partial charge < -0.3 is 11.1 Å². The molecule has 4 heteroatoms. The molecule has 2 aromatic carbocycles. The van der Waals surface area contributed by atoms with E-state index < -0.39 is 11.7 Å². The summed E-state index contributed by atoms with van der Waals surface area (Å²) in [6.45, 7) is 2.00. The molecule has 2 aromatic rings. The number of carbonyl (C=O) groups excluding carboxylic acids is 1. The van der Waals surface area contributed by atoms with Crippen molar-refractivity contribution in [2.45, 2.75) is 13.3 Å². The second-order valence-corrected chi connectivity index (χ2v) is 4.20. The predicted octanol–water partition coefficient (Wildman–Crippen LogP) is 3.22. The number of nitrogen functional groups attached to an aromatic ring is 1. The van der Waals surface area contributed by atoms with Crippen LogP contribution in [0.25, 0.3) is 0 Å². The van der Waals surface area contributed by atoms with Crippen LogP contribution in [-0.2, 0) is 6.42 Å². The molecule has 3 N–H and O–H groups in total. The molecule has 19 heavy (non-hydrogen) atoms. The maximum absolute atomic E-state index is 13.2. The van der Waals surface area contributed by atoms with Crippen molar-refractivity contribution in [3.63, 3.8) is 0 Å². The number of aryl methyl sites for hydroxylation is 1. The van der Waals surface area contributed by atoms with E-state index in [2.05, 4.69) is 5.32 Å².